The van der Waals surface area contributed by atoms with Gasteiger partial charge in [0.25, 0.3) is 0 Å². The maximum absolute atomic E-state index is 12.2. The number of rotatable bonds is 4. The van der Waals surface area contributed by atoms with Crippen molar-refractivity contribution in [1.29, 1.82) is 0 Å². The highest BCUT2D eigenvalue weighted by atomic mass is 35.5. The molecule has 5 heteroatoms. The number of thiophene rings is 1. The third-order valence-electron chi connectivity index (χ3n) is 3.10. The van der Waals surface area contributed by atoms with Crippen LogP contribution in [0.2, 0.25) is 5.02 Å². The van der Waals surface area contributed by atoms with Gasteiger partial charge in [-0.05, 0) is 30.5 Å². The number of esters is 1. The van der Waals surface area contributed by atoms with Crippen molar-refractivity contribution in [1.82, 2.24) is 0 Å². The predicted octanol–water partition coefficient (Wildman–Crippen LogP) is 4.95. The highest BCUT2D eigenvalue weighted by molar-refractivity contribution is 7.17. The van der Waals surface area contributed by atoms with Gasteiger partial charge in [-0.3, -0.25) is 0 Å². The predicted molar refractivity (Wildman–Crippen MR) is 89.2 cm³/mol. The number of hydrogen-bond acceptors (Lipinski definition) is 4. The molecular weight excluding hydrogens is 306 g/mol. The number of carbonyl (C=O) groups is 1. The van der Waals surface area contributed by atoms with Crippen molar-refractivity contribution in [2.75, 3.05) is 12.3 Å². The molecule has 0 aliphatic rings. The van der Waals surface area contributed by atoms with E-state index in [-0.39, 0.29) is 11.9 Å². The molecule has 2 aromatic rings. The van der Waals surface area contributed by atoms with Crippen molar-refractivity contribution < 1.29 is 9.53 Å². The Balaban J connectivity index is 2.65. The van der Waals surface area contributed by atoms with Gasteiger partial charge in [-0.2, -0.15) is 0 Å². The van der Waals surface area contributed by atoms with Crippen molar-refractivity contribution in [3.8, 4) is 11.1 Å². The largest absolute Gasteiger partial charge is 0.462 e. The molecule has 112 valence electrons. The fourth-order valence-corrected chi connectivity index (χ4v) is 3.39. The molecule has 1 heterocycles. The van der Waals surface area contributed by atoms with E-state index in [1.165, 1.54) is 11.3 Å². The van der Waals surface area contributed by atoms with Gasteiger partial charge in [0, 0.05) is 15.5 Å². The van der Waals surface area contributed by atoms with Crippen LogP contribution in [0, 0.1) is 0 Å². The number of halogens is 1. The number of ether oxygens (including phenoxy) is 1. The first-order chi connectivity index (χ1) is 9.95. The van der Waals surface area contributed by atoms with E-state index in [0.717, 1.165) is 16.0 Å². The summed E-state index contributed by atoms with van der Waals surface area (Å²) in [5.74, 6) is -0.103. The van der Waals surface area contributed by atoms with Crippen molar-refractivity contribution in [3.63, 3.8) is 0 Å². The third kappa shape index (κ3) is 3.22. The lowest BCUT2D eigenvalue weighted by molar-refractivity contribution is 0.0529. The van der Waals surface area contributed by atoms with Crippen molar-refractivity contribution in [2.24, 2.45) is 0 Å². The fourth-order valence-electron chi connectivity index (χ4n) is 2.18. The van der Waals surface area contributed by atoms with Crippen LogP contribution in [0.4, 0.5) is 5.00 Å². The van der Waals surface area contributed by atoms with Crippen molar-refractivity contribution >= 4 is 33.9 Å². The smallest absolute Gasteiger partial charge is 0.341 e. The van der Waals surface area contributed by atoms with Crippen LogP contribution in [0.25, 0.3) is 11.1 Å². The summed E-state index contributed by atoms with van der Waals surface area (Å²) in [7, 11) is 0. The molecule has 21 heavy (non-hydrogen) atoms. The zero-order valence-electron chi connectivity index (χ0n) is 12.3. The van der Waals surface area contributed by atoms with Gasteiger partial charge in [0.05, 0.1) is 6.61 Å². The van der Waals surface area contributed by atoms with Gasteiger partial charge in [-0.1, -0.05) is 37.6 Å². The first kappa shape index (κ1) is 15.9. The molecule has 0 fully saturated rings. The van der Waals surface area contributed by atoms with Crippen molar-refractivity contribution in [3.05, 3.63) is 39.7 Å². The number of nitrogen functional groups attached to an aromatic ring is 1. The average Bonchev–Trinajstić information content (AvgIpc) is 2.78. The van der Waals surface area contributed by atoms with Crippen LogP contribution < -0.4 is 5.73 Å². The Morgan fingerprint density at radius 2 is 1.95 bits per heavy atom. The molecule has 0 amide bonds. The molecule has 0 atom stereocenters. The summed E-state index contributed by atoms with van der Waals surface area (Å²) in [6, 6.07) is 7.42. The lowest BCUT2D eigenvalue weighted by atomic mass is 9.97. The summed E-state index contributed by atoms with van der Waals surface area (Å²) < 4.78 is 5.15. The zero-order valence-corrected chi connectivity index (χ0v) is 13.8. The minimum absolute atomic E-state index is 0.270. The molecule has 0 aliphatic heterocycles. The molecule has 0 spiro atoms. The number of benzene rings is 1. The van der Waals surface area contributed by atoms with Gasteiger partial charge >= 0.3 is 5.97 Å². The number of anilines is 1. The Bertz CT molecular complexity index is 647. The SMILES string of the molecule is CCOC(=O)c1c(N)sc(C(C)C)c1-c1ccc(Cl)cc1. The second kappa shape index (κ2) is 6.50. The monoisotopic (exact) mass is 323 g/mol. The van der Waals surface area contributed by atoms with Gasteiger partial charge < -0.3 is 10.5 Å². The highest BCUT2D eigenvalue weighted by Crippen LogP contribution is 2.43. The molecule has 0 unspecified atom stereocenters. The Morgan fingerprint density at radius 3 is 2.48 bits per heavy atom. The van der Waals surface area contributed by atoms with Gasteiger partial charge in [0.2, 0.25) is 0 Å². The first-order valence-electron chi connectivity index (χ1n) is 6.80. The zero-order chi connectivity index (χ0) is 15.6. The standard InChI is InChI=1S/C16H18ClNO2S/c1-4-20-16(19)13-12(10-5-7-11(17)8-6-10)14(9(2)3)21-15(13)18/h5-9H,4,18H2,1-3H3. The minimum atomic E-state index is -0.372. The maximum Gasteiger partial charge on any atom is 0.341 e. The molecule has 0 radical (unpaired) electrons. The molecule has 0 saturated heterocycles. The van der Waals surface area contributed by atoms with Crippen LogP contribution in [0.15, 0.2) is 24.3 Å². The maximum atomic E-state index is 12.2. The Hall–Kier alpha value is -1.52. The summed E-state index contributed by atoms with van der Waals surface area (Å²) in [4.78, 5) is 13.3. The topological polar surface area (TPSA) is 52.3 Å². The molecule has 1 aromatic carbocycles. The van der Waals surface area contributed by atoms with E-state index in [4.69, 9.17) is 22.1 Å². The Labute approximate surface area is 133 Å². The van der Waals surface area contributed by atoms with Crippen LogP contribution in [-0.4, -0.2) is 12.6 Å². The summed E-state index contributed by atoms with van der Waals surface area (Å²) in [6.07, 6.45) is 0. The van der Waals surface area contributed by atoms with E-state index in [1.54, 1.807) is 6.92 Å². The molecule has 2 N–H and O–H groups in total. The van der Waals surface area contributed by atoms with Gasteiger partial charge in [-0.25, -0.2) is 4.79 Å². The molecule has 0 aliphatic carbocycles. The van der Waals surface area contributed by atoms with E-state index >= 15 is 0 Å². The summed E-state index contributed by atoms with van der Waals surface area (Å²) in [5, 5.41) is 1.16. The van der Waals surface area contributed by atoms with Crippen molar-refractivity contribution in [2.45, 2.75) is 26.7 Å². The molecule has 3 nitrogen and oxygen atoms in total. The van der Waals surface area contributed by atoms with E-state index in [0.29, 0.717) is 22.2 Å². The quantitative estimate of drug-likeness (QED) is 0.810. The lowest BCUT2D eigenvalue weighted by Crippen LogP contribution is -2.07. The average molecular weight is 324 g/mol. The van der Waals surface area contributed by atoms with E-state index in [1.807, 2.05) is 24.3 Å². The molecule has 2 rings (SSSR count). The van der Waals surface area contributed by atoms with Gasteiger partial charge in [-0.15, -0.1) is 11.3 Å². The highest BCUT2D eigenvalue weighted by Gasteiger charge is 2.25. The second-order valence-electron chi connectivity index (χ2n) is 4.96. The van der Waals surface area contributed by atoms with E-state index in [9.17, 15) is 4.79 Å². The van der Waals surface area contributed by atoms with E-state index in [2.05, 4.69) is 13.8 Å². The lowest BCUT2D eigenvalue weighted by Gasteiger charge is -2.10. The number of carbonyl (C=O) groups excluding carboxylic acids is 1. The van der Waals surface area contributed by atoms with Crippen LogP contribution >= 0.6 is 22.9 Å². The third-order valence-corrected chi connectivity index (χ3v) is 4.67. The van der Waals surface area contributed by atoms with Crippen LogP contribution in [0.3, 0.4) is 0 Å². The van der Waals surface area contributed by atoms with Gasteiger partial charge in [0.1, 0.15) is 10.6 Å². The molecular formula is C16H18ClNO2S. The normalized spacial score (nSPS) is 10.9. The van der Waals surface area contributed by atoms with E-state index < -0.39 is 0 Å². The Morgan fingerprint density at radius 1 is 1.33 bits per heavy atom. The van der Waals surface area contributed by atoms with Crippen LogP contribution in [-0.2, 0) is 4.74 Å². The summed E-state index contributed by atoms with van der Waals surface area (Å²) >= 11 is 7.39. The summed E-state index contributed by atoms with van der Waals surface area (Å²) in [5.41, 5.74) is 8.33. The molecule has 0 bridgehead atoms. The number of nitrogens with two attached hydrogens (primary N) is 1. The molecule has 1 aromatic heterocycles. The number of hydrogen-bond donors (Lipinski definition) is 1. The second-order valence-corrected chi connectivity index (χ2v) is 6.48. The molecule has 0 saturated carbocycles. The first-order valence-corrected chi connectivity index (χ1v) is 8.00. The Kier molecular flexibility index (Phi) is 4.91. The van der Waals surface area contributed by atoms with Crippen LogP contribution in [0.5, 0.6) is 0 Å². The minimum Gasteiger partial charge on any atom is -0.462 e. The van der Waals surface area contributed by atoms with Gasteiger partial charge in [0.15, 0.2) is 0 Å². The fraction of sp³-hybridized carbons (Fsp3) is 0.312. The van der Waals surface area contributed by atoms with Crippen LogP contribution in [0.1, 0.15) is 41.9 Å². The summed E-state index contributed by atoms with van der Waals surface area (Å²) in [6.45, 7) is 6.27.